The first-order valence-corrected chi connectivity index (χ1v) is 6.58. The fraction of sp³-hybridized carbons (Fsp3) is 0.250. The third kappa shape index (κ3) is 2.74. The van der Waals surface area contributed by atoms with Crippen molar-refractivity contribution >= 4 is 11.6 Å². The fourth-order valence-corrected chi connectivity index (χ4v) is 2.26. The second kappa shape index (κ2) is 5.55. The maximum Gasteiger partial charge on any atom is 0.0409 e. The van der Waals surface area contributed by atoms with Gasteiger partial charge in [0.15, 0.2) is 0 Å². The third-order valence-corrected chi connectivity index (χ3v) is 3.41. The lowest BCUT2D eigenvalue weighted by atomic mass is 9.96. The minimum Gasteiger partial charge on any atom is -0.326 e. The first kappa shape index (κ1) is 13.1. The molecule has 0 atom stereocenters. The van der Waals surface area contributed by atoms with Gasteiger partial charge in [0.1, 0.15) is 0 Å². The number of rotatable bonds is 3. The molecule has 0 aliphatic carbocycles. The van der Waals surface area contributed by atoms with Gasteiger partial charge >= 0.3 is 0 Å². The van der Waals surface area contributed by atoms with Crippen molar-refractivity contribution in [2.24, 2.45) is 5.73 Å². The minimum atomic E-state index is 0.502. The van der Waals surface area contributed by atoms with Crippen LogP contribution in [0.4, 0.5) is 0 Å². The molecule has 0 spiro atoms. The number of benzene rings is 2. The Balaban J connectivity index is 2.42. The standard InChI is InChI=1S/C16H18ClN/c1-11(2)12-3-5-13(6-4-12)16-8-7-15(17)9-14(16)10-18/h3-9,11H,10,18H2,1-2H3. The van der Waals surface area contributed by atoms with E-state index >= 15 is 0 Å². The van der Waals surface area contributed by atoms with Crippen LogP contribution in [-0.4, -0.2) is 0 Å². The maximum absolute atomic E-state index is 5.99. The van der Waals surface area contributed by atoms with Crippen molar-refractivity contribution < 1.29 is 0 Å². The summed E-state index contributed by atoms with van der Waals surface area (Å²) in [6.07, 6.45) is 0. The molecule has 2 aromatic rings. The van der Waals surface area contributed by atoms with Gasteiger partial charge in [-0.25, -0.2) is 0 Å². The Morgan fingerprint density at radius 3 is 2.28 bits per heavy atom. The quantitative estimate of drug-likeness (QED) is 0.857. The second-order valence-electron chi connectivity index (χ2n) is 4.78. The van der Waals surface area contributed by atoms with Gasteiger partial charge in [0.05, 0.1) is 0 Å². The molecule has 0 aliphatic heterocycles. The Kier molecular flexibility index (Phi) is 4.05. The summed E-state index contributed by atoms with van der Waals surface area (Å²) >= 11 is 5.99. The molecule has 0 saturated heterocycles. The van der Waals surface area contributed by atoms with Crippen LogP contribution >= 0.6 is 11.6 Å². The van der Waals surface area contributed by atoms with Crippen LogP contribution in [0, 0.1) is 0 Å². The SMILES string of the molecule is CC(C)c1ccc(-c2ccc(Cl)cc2CN)cc1. The topological polar surface area (TPSA) is 26.0 Å². The highest BCUT2D eigenvalue weighted by molar-refractivity contribution is 6.30. The number of hydrogen-bond donors (Lipinski definition) is 1. The molecule has 0 radical (unpaired) electrons. The van der Waals surface area contributed by atoms with Crippen LogP contribution in [0.2, 0.25) is 5.02 Å². The Bertz CT molecular complexity index is 529. The molecule has 0 amide bonds. The van der Waals surface area contributed by atoms with Crippen molar-refractivity contribution in [3.63, 3.8) is 0 Å². The van der Waals surface area contributed by atoms with E-state index in [4.69, 9.17) is 17.3 Å². The average molecular weight is 260 g/mol. The molecule has 0 unspecified atom stereocenters. The predicted molar refractivity (Wildman–Crippen MR) is 78.9 cm³/mol. The Labute approximate surface area is 114 Å². The average Bonchev–Trinajstić information content (AvgIpc) is 2.38. The summed E-state index contributed by atoms with van der Waals surface area (Å²) < 4.78 is 0. The minimum absolute atomic E-state index is 0.502. The van der Waals surface area contributed by atoms with E-state index in [1.54, 1.807) is 0 Å². The largest absolute Gasteiger partial charge is 0.326 e. The molecule has 2 heteroatoms. The lowest BCUT2D eigenvalue weighted by molar-refractivity contribution is 0.867. The summed E-state index contributed by atoms with van der Waals surface area (Å²) in [6, 6.07) is 14.5. The zero-order valence-corrected chi connectivity index (χ0v) is 11.5. The molecule has 0 bridgehead atoms. The highest BCUT2D eigenvalue weighted by Gasteiger charge is 2.05. The monoisotopic (exact) mass is 259 g/mol. The van der Waals surface area contributed by atoms with E-state index in [0.717, 1.165) is 16.1 Å². The molecule has 0 aliphatic rings. The molecular formula is C16H18ClN. The van der Waals surface area contributed by atoms with Crippen molar-refractivity contribution in [3.8, 4) is 11.1 Å². The van der Waals surface area contributed by atoms with Crippen LogP contribution in [-0.2, 0) is 6.54 Å². The van der Waals surface area contributed by atoms with Crippen molar-refractivity contribution in [2.45, 2.75) is 26.3 Å². The molecule has 2 rings (SSSR count). The highest BCUT2D eigenvalue weighted by Crippen LogP contribution is 2.27. The molecule has 0 aromatic heterocycles. The molecule has 1 nitrogen and oxygen atoms in total. The van der Waals surface area contributed by atoms with E-state index in [-0.39, 0.29) is 0 Å². The summed E-state index contributed by atoms with van der Waals surface area (Å²) in [7, 11) is 0. The third-order valence-electron chi connectivity index (χ3n) is 3.18. The Morgan fingerprint density at radius 2 is 1.72 bits per heavy atom. The van der Waals surface area contributed by atoms with Gasteiger partial charge in [-0.15, -0.1) is 0 Å². The van der Waals surface area contributed by atoms with Gasteiger partial charge in [-0.1, -0.05) is 55.8 Å². The molecule has 0 saturated carbocycles. The Hall–Kier alpha value is -1.31. The number of hydrogen-bond acceptors (Lipinski definition) is 1. The van der Waals surface area contributed by atoms with Crippen LogP contribution in [0.25, 0.3) is 11.1 Å². The zero-order chi connectivity index (χ0) is 13.1. The van der Waals surface area contributed by atoms with Gasteiger partial charge in [-0.3, -0.25) is 0 Å². The molecule has 2 aromatic carbocycles. The van der Waals surface area contributed by atoms with Crippen LogP contribution in [0.3, 0.4) is 0 Å². The van der Waals surface area contributed by atoms with E-state index < -0.39 is 0 Å². The smallest absolute Gasteiger partial charge is 0.0409 e. The highest BCUT2D eigenvalue weighted by atomic mass is 35.5. The summed E-state index contributed by atoms with van der Waals surface area (Å²) in [4.78, 5) is 0. The van der Waals surface area contributed by atoms with Crippen LogP contribution in [0.5, 0.6) is 0 Å². The van der Waals surface area contributed by atoms with Gasteiger partial charge in [-0.05, 0) is 40.3 Å². The van der Waals surface area contributed by atoms with Gasteiger partial charge < -0.3 is 5.73 Å². The van der Waals surface area contributed by atoms with E-state index in [1.807, 2.05) is 18.2 Å². The fourth-order valence-electron chi connectivity index (χ4n) is 2.06. The van der Waals surface area contributed by atoms with E-state index in [2.05, 4.69) is 38.1 Å². The molecule has 2 N–H and O–H groups in total. The summed E-state index contributed by atoms with van der Waals surface area (Å²) in [6.45, 7) is 4.90. The maximum atomic E-state index is 5.99. The van der Waals surface area contributed by atoms with E-state index in [9.17, 15) is 0 Å². The second-order valence-corrected chi connectivity index (χ2v) is 5.22. The zero-order valence-electron chi connectivity index (χ0n) is 10.8. The molecule has 0 heterocycles. The molecule has 0 fully saturated rings. The number of nitrogens with two attached hydrogens (primary N) is 1. The molecule has 18 heavy (non-hydrogen) atoms. The van der Waals surface area contributed by atoms with Crippen LogP contribution < -0.4 is 5.73 Å². The van der Waals surface area contributed by atoms with Gasteiger partial charge in [-0.2, -0.15) is 0 Å². The molecular weight excluding hydrogens is 242 g/mol. The lowest BCUT2D eigenvalue weighted by Gasteiger charge is -2.10. The van der Waals surface area contributed by atoms with Gasteiger partial charge in [0.2, 0.25) is 0 Å². The number of halogens is 1. The van der Waals surface area contributed by atoms with E-state index in [1.165, 1.54) is 11.1 Å². The summed E-state index contributed by atoms with van der Waals surface area (Å²) in [5, 5.41) is 0.734. The summed E-state index contributed by atoms with van der Waals surface area (Å²) in [5.41, 5.74) is 10.6. The van der Waals surface area contributed by atoms with Crippen molar-refractivity contribution in [3.05, 3.63) is 58.6 Å². The van der Waals surface area contributed by atoms with Gasteiger partial charge in [0, 0.05) is 11.6 Å². The summed E-state index contributed by atoms with van der Waals surface area (Å²) in [5.74, 6) is 0.554. The molecule has 94 valence electrons. The van der Waals surface area contributed by atoms with Crippen molar-refractivity contribution in [1.29, 1.82) is 0 Å². The lowest BCUT2D eigenvalue weighted by Crippen LogP contribution is -1.99. The van der Waals surface area contributed by atoms with Crippen molar-refractivity contribution in [2.75, 3.05) is 0 Å². The van der Waals surface area contributed by atoms with Crippen LogP contribution in [0.1, 0.15) is 30.9 Å². The van der Waals surface area contributed by atoms with Gasteiger partial charge in [0.25, 0.3) is 0 Å². The first-order chi connectivity index (χ1) is 8.61. The normalized spacial score (nSPS) is 10.9. The van der Waals surface area contributed by atoms with Crippen molar-refractivity contribution in [1.82, 2.24) is 0 Å². The van der Waals surface area contributed by atoms with E-state index in [0.29, 0.717) is 12.5 Å². The first-order valence-electron chi connectivity index (χ1n) is 6.20. The van der Waals surface area contributed by atoms with Crippen LogP contribution in [0.15, 0.2) is 42.5 Å². The Morgan fingerprint density at radius 1 is 1.06 bits per heavy atom. The predicted octanol–water partition coefficient (Wildman–Crippen LogP) is 4.59.